The fraction of sp³-hybridized carbons (Fsp3) is 0.0455. The predicted molar refractivity (Wildman–Crippen MR) is 107 cm³/mol. The van der Waals surface area contributed by atoms with Gasteiger partial charge in [-0.3, -0.25) is 9.78 Å². The number of ether oxygens (including phenoxy) is 1. The van der Waals surface area contributed by atoms with E-state index >= 15 is 0 Å². The Morgan fingerprint density at radius 3 is 2.56 bits per heavy atom. The first-order valence-electron chi connectivity index (χ1n) is 8.48. The van der Waals surface area contributed by atoms with Crippen LogP contribution in [0.1, 0.15) is 16.7 Å². The van der Waals surface area contributed by atoms with Crippen LogP contribution in [0.25, 0.3) is 12.2 Å². The van der Waals surface area contributed by atoms with Crippen molar-refractivity contribution in [2.24, 2.45) is 5.10 Å². The van der Waals surface area contributed by atoms with Crippen molar-refractivity contribution in [2.75, 3.05) is 6.61 Å². The number of pyridine rings is 1. The van der Waals surface area contributed by atoms with Gasteiger partial charge in [0.25, 0.3) is 5.91 Å². The molecule has 0 aliphatic carbocycles. The van der Waals surface area contributed by atoms with E-state index in [4.69, 9.17) is 4.74 Å². The number of hydrazone groups is 1. The maximum atomic E-state index is 11.9. The van der Waals surface area contributed by atoms with Crippen LogP contribution in [-0.2, 0) is 4.79 Å². The van der Waals surface area contributed by atoms with Gasteiger partial charge in [0.05, 0.1) is 6.21 Å². The Morgan fingerprint density at radius 2 is 1.74 bits per heavy atom. The van der Waals surface area contributed by atoms with Gasteiger partial charge in [0.2, 0.25) is 0 Å². The Balaban J connectivity index is 1.55. The largest absolute Gasteiger partial charge is 0.483 e. The molecule has 1 heterocycles. The van der Waals surface area contributed by atoms with Crippen LogP contribution >= 0.6 is 0 Å². The second-order valence-electron chi connectivity index (χ2n) is 5.65. The molecule has 3 rings (SSSR count). The number of hydrogen-bond acceptors (Lipinski definition) is 4. The third-order valence-corrected chi connectivity index (χ3v) is 3.62. The van der Waals surface area contributed by atoms with E-state index in [1.165, 1.54) is 6.21 Å². The smallest absolute Gasteiger partial charge is 0.277 e. The molecule has 1 N–H and O–H groups in total. The Bertz CT molecular complexity index is 923. The summed E-state index contributed by atoms with van der Waals surface area (Å²) in [5.74, 6) is 0.299. The molecule has 5 heteroatoms. The number of nitrogens with one attached hydrogen (secondary N) is 1. The maximum absolute atomic E-state index is 11.9. The minimum atomic E-state index is -0.336. The maximum Gasteiger partial charge on any atom is 0.277 e. The van der Waals surface area contributed by atoms with Crippen LogP contribution in [0, 0.1) is 0 Å². The van der Waals surface area contributed by atoms with Crippen molar-refractivity contribution >= 4 is 24.3 Å². The molecular formula is C22H19N3O2. The average Bonchev–Trinajstić information content (AvgIpc) is 2.73. The molecule has 1 amide bonds. The number of hydrogen-bond donors (Lipinski definition) is 1. The van der Waals surface area contributed by atoms with E-state index in [9.17, 15) is 4.79 Å². The third-order valence-electron chi connectivity index (χ3n) is 3.62. The highest BCUT2D eigenvalue weighted by Gasteiger charge is 2.04. The van der Waals surface area contributed by atoms with Gasteiger partial charge in [-0.2, -0.15) is 5.10 Å². The third kappa shape index (κ3) is 5.93. The zero-order valence-corrected chi connectivity index (χ0v) is 14.7. The highest BCUT2D eigenvalue weighted by molar-refractivity contribution is 5.82. The highest BCUT2D eigenvalue weighted by Crippen LogP contribution is 2.20. The molecule has 3 aromatic rings. The van der Waals surface area contributed by atoms with Crippen LogP contribution in [0.4, 0.5) is 0 Å². The molecule has 0 bridgehead atoms. The standard InChI is InChI=1S/C22H19N3O2/c26-22(25-24-16-19-9-6-14-23-15-19)17-27-21-11-5-4-10-20(21)13-12-18-7-2-1-3-8-18/h1-16H,17H2,(H,25,26)/b13-12+,24-16+. The Kier molecular flexibility index (Phi) is 6.48. The summed E-state index contributed by atoms with van der Waals surface area (Å²) in [4.78, 5) is 15.9. The molecule has 0 fully saturated rings. The van der Waals surface area contributed by atoms with Gasteiger partial charge in [-0.05, 0) is 17.7 Å². The van der Waals surface area contributed by atoms with Gasteiger partial charge in [0.15, 0.2) is 6.61 Å². The number of rotatable bonds is 7. The molecule has 5 nitrogen and oxygen atoms in total. The van der Waals surface area contributed by atoms with Crippen LogP contribution in [-0.4, -0.2) is 23.7 Å². The molecule has 2 aromatic carbocycles. The molecule has 1 aromatic heterocycles. The lowest BCUT2D eigenvalue weighted by molar-refractivity contribution is -0.123. The van der Waals surface area contributed by atoms with Crippen LogP contribution in [0.15, 0.2) is 84.2 Å². The molecule has 0 saturated carbocycles. The van der Waals surface area contributed by atoms with Gasteiger partial charge in [0.1, 0.15) is 5.75 Å². The van der Waals surface area contributed by atoms with E-state index in [0.29, 0.717) is 5.75 Å². The second-order valence-corrected chi connectivity index (χ2v) is 5.65. The molecular weight excluding hydrogens is 338 g/mol. The second kappa shape index (κ2) is 9.68. The predicted octanol–water partition coefficient (Wildman–Crippen LogP) is 3.78. The first-order valence-corrected chi connectivity index (χ1v) is 8.48. The van der Waals surface area contributed by atoms with E-state index in [1.54, 1.807) is 18.5 Å². The topological polar surface area (TPSA) is 63.6 Å². The summed E-state index contributed by atoms with van der Waals surface area (Å²) in [5, 5.41) is 3.89. The molecule has 0 unspecified atom stereocenters. The van der Waals surface area contributed by atoms with Gasteiger partial charge in [-0.1, -0.05) is 66.7 Å². The zero-order valence-electron chi connectivity index (χ0n) is 14.7. The molecule has 0 saturated heterocycles. The van der Waals surface area contributed by atoms with Crippen molar-refractivity contribution in [3.63, 3.8) is 0 Å². The molecule has 0 aliphatic rings. The molecule has 27 heavy (non-hydrogen) atoms. The summed E-state index contributed by atoms with van der Waals surface area (Å²) in [5.41, 5.74) is 5.23. The minimum Gasteiger partial charge on any atom is -0.483 e. The quantitative estimate of drug-likeness (QED) is 0.398. The summed E-state index contributed by atoms with van der Waals surface area (Å²) in [6.45, 7) is -0.124. The fourth-order valence-electron chi connectivity index (χ4n) is 2.31. The van der Waals surface area contributed by atoms with E-state index in [2.05, 4.69) is 15.5 Å². The summed E-state index contributed by atoms with van der Waals surface area (Å²) in [6, 6.07) is 21.2. The van der Waals surface area contributed by atoms with Gasteiger partial charge in [0, 0.05) is 23.5 Å². The Hall–Kier alpha value is -3.73. The Morgan fingerprint density at radius 1 is 0.963 bits per heavy atom. The van der Waals surface area contributed by atoms with Crippen LogP contribution < -0.4 is 10.2 Å². The molecule has 0 spiro atoms. The lowest BCUT2D eigenvalue weighted by atomic mass is 10.1. The van der Waals surface area contributed by atoms with Crippen LogP contribution in [0.2, 0.25) is 0 Å². The number of amides is 1. The van der Waals surface area contributed by atoms with Crippen molar-refractivity contribution in [1.82, 2.24) is 10.4 Å². The molecule has 0 aliphatic heterocycles. The van der Waals surface area contributed by atoms with Crippen molar-refractivity contribution in [3.8, 4) is 5.75 Å². The fourth-order valence-corrected chi connectivity index (χ4v) is 2.31. The van der Waals surface area contributed by atoms with Crippen molar-refractivity contribution in [1.29, 1.82) is 0 Å². The monoisotopic (exact) mass is 357 g/mol. The number of para-hydroxylation sites is 1. The highest BCUT2D eigenvalue weighted by atomic mass is 16.5. The van der Waals surface area contributed by atoms with E-state index in [-0.39, 0.29) is 12.5 Å². The van der Waals surface area contributed by atoms with Crippen LogP contribution in [0.5, 0.6) is 5.75 Å². The number of nitrogens with zero attached hydrogens (tertiary/aromatic N) is 2. The lowest BCUT2D eigenvalue weighted by Crippen LogP contribution is -2.24. The Labute approximate surface area is 158 Å². The first kappa shape index (κ1) is 18.1. The summed E-state index contributed by atoms with van der Waals surface area (Å²) < 4.78 is 5.64. The summed E-state index contributed by atoms with van der Waals surface area (Å²) in [7, 11) is 0. The number of carbonyl (C=O) groups excluding carboxylic acids is 1. The van der Waals surface area contributed by atoms with Gasteiger partial charge in [-0.25, -0.2) is 5.43 Å². The van der Waals surface area contributed by atoms with Crippen molar-refractivity contribution in [2.45, 2.75) is 0 Å². The average molecular weight is 357 g/mol. The lowest BCUT2D eigenvalue weighted by Gasteiger charge is -2.08. The van der Waals surface area contributed by atoms with E-state index in [1.807, 2.05) is 72.8 Å². The van der Waals surface area contributed by atoms with Gasteiger partial charge < -0.3 is 4.74 Å². The molecule has 0 radical (unpaired) electrons. The normalized spacial score (nSPS) is 11.0. The van der Waals surface area contributed by atoms with E-state index in [0.717, 1.165) is 16.7 Å². The number of aromatic nitrogens is 1. The zero-order chi connectivity index (χ0) is 18.7. The van der Waals surface area contributed by atoms with Gasteiger partial charge in [-0.15, -0.1) is 0 Å². The van der Waals surface area contributed by atoms with Crippen LogP contribution in [0.3, 0.4) is 0 Å². The first-order chi connectivity index (χ1) is 13.3. The molecule has 134 valence electrons. The summed E-state index contributed by atoms with van der Waals surface area (Å²) in [6.07, 6.45) is 8.82. The summed E-state index contributed by atoms with van der Waals surface area (Å²) >= 11 is 0. The minimum absolute atomic E-state index is 0.124. The van der Waals surface area contributed by atoms with Crippen molar-refractivity contribution < 1.29 is 9.53 Å². The van der Waals surface area contributed by atoms with Gasteiger partial charge >= 0.3 is 0 Å². The van der Waals surface area contributed by atoms with E-state index < -0.39 is 0 Å². The number of benzene rings is 2. The SMILES string of the molecule is O=C(COc1ccccc1/C=C/c1ccccc1)N/N=C/c1cccnc1. The van der Waals surface area contributed by atoms with Crippen molar-refractivity contribution in [3.05, 3.63) is 95.8 Å². The number of carbonyl (C=O) groups is 1. The molecule has 0 atom stereocenters.